The van der Waals surface area contributed by atoms with Crippen molar-refractivity contribution < 1.29 is 76.5 Å². The van der Waals surface area contributed by atoms with Gasteiger partial charge in [0.05, 0.1) is 30.5 Å². The maximum Gasteiger partial charge on any atom is 0.263 e. The van der Waals surface area contributed by atoms with Crippen LogP contribution in [0.3, 0.4) is 0 Å². The maximum atomic E-state index is 12.2. The Labute approximate surface area is 782 Å². The molecule has 0 atom stereocenters. The molecule has 0 spiro atoms. The third-order valence-corrected chi connectivity index (χ3v) is 28.4. The fourth-order valence-electron chi connectivity index (χ4n) is 18.0. The Bertz CT molecular complexity index is 6330. The van der Waals surface area contributed by atoms with E-state index in [0.717, 1.165) is 116 Å². The average molecular weight is 1820 g/mol. The lowest BCUT2D eigenvalue weighted by Crippen LogP contribution is -2.38. The predicted molar refractivity (Wildman–Crippen MR) is 526 cm³/mol. The summed E-state index contributed by atoms with van der Waals surface area (Å²) in [5.74, 6) is 1.58. The molecule has 16 nitrogen and oxygen atoms in total. The van der Waals surface area contributed by atoms with E-state index in [0.29, 0.717) is 26.4 Å². The fraction of sp³-hybridized carbons (Fsp3) is 0.193. The zero-order valence-corrected chi connectivity index (χ0v) is 79.1. The zero-order chi connectivity index (χ0) is 93.5. The molecule has 672 valence electrons. The summed E-state index contributed by atoms with van der Waals surface area (Å²) in [6.45, 7) is 24.3. The number of benzene rings is 12. The van der Waals surface area contributed by atoms with Gasteiger partial charge in [0.15, 0.2) is 69.2 Å². The number of ether oxygens (including phenoxy) is 3. The molecule has 0 aliphatic rings. The number of aryl methyl sites for hydroxylation is 5. The summed E-state index contributed by atoms with van der Waals surface area (Å²) in [5, 5.41) is -0.228. The number of aromatic nitrogens is 4. The highest BCUT2D eigenvalue weighted by atomic mass is 31.2. The van der Waals surface area contributed by atoms with Gasteiger partial charge in [-0.2, -0.15) is 4.57 Å². The second kappa shape index (κ2) is 39.9. The lowest BCUT2D eigenvalue weighted by Gasteiger charge is -2.38. The molecule has 0 unspecified atom stereocenters. The quantitative estimate of drug-likeness (QED) is 0.0100. The molecule has 0 radical (unpaired) electrons. The Kier molecular flexibility index (Phi) is 28.2. The Morgan fingerprint density at radius 2 is 0.556 bits per heavy atom. The van der Waals surface area contributed by atoms with Crippen LogP contribution in [-0.4, -0.2) is 55.8 Å². The first-order chi connectivity index (χ1) is 63.8. The standard InChI is InChI=1S/C114H109N4O12P3/c1-10-83-12-28-95(29-13-83)113(99-40-36-93(37-41-99)111(4,5)6,100-42-38-94(39-43-100)112(7,8)9)102-46-52-105(53-47-102)130-77-75-128-74-76-129-104-50-14-84(15-51-104)80-117-71-65-110(82(3)79-117)109-64-70-116(78-81(109)2)67-11-66-115-68-60-91(61-69-115)92-62-72-118(73-63-92)103-48-44-101(45-49-103)114(96-30-16-85(17-31-96)88-22-54-106(55-23-88)131(119,120)121,97-32-18-86(19-33-97)89-24-56-107(57-25-89)132(122,123)124)98-34-20-87(21-35-98)90-26-58-108(59-27-90)133(125,126)127/h12-65,68-73,78-79H,10-11,66-67,74-77,80H2,1-9H3,(H2-4,119,120,121,122,123,124,125,126,127)/p+4. The van der Waals surface area contributed by atoms with Gasteiger partial charge in [-0.25, -0.2) is 43.1 Å². The van der Waals surface area contributed by atoms with Gasteiger partial charge in [-0.05, 0) is 221 Å². The van der Waals surface area contributed by atoms with E-state index in [1.807, 2.05) is 48.5 Å². The minimum absolute atomic E-state index is 0.0205. The number of hydrogen-bond acceptors (Lipinski definition) is 12. The topological polar surface area (TPSA) is 234 Å². The Balaban J connectivity index is 0.527. The molecule has 0 amide bonds. The molecule has 4 aromatic heterocycles. The van der Waals surface area contributed by atoms with E-state index in [1.54, 1.807) is 36.4 Å². The molecule has 0 saturated heterocycles. The Morgan fingerprint density at radius 1 is 0.286 bits per heavy atom. The maximum absolute atomic E-state index is 12.2. The van der Waals surface area contributed by atoms with Gasteiger partial charge in [-0.1, -0.05) is 255 Å². The molecule has 0 fully saturated rings. The van der Waals surface area contributed by atoms with Gasteiger partial charge in [-0.15, -0.1) is 0 Å². The Hall–Kier alpha value is -12.3. The number of pyridine rings is 4. The van der Waals surface area contributed by atoms with Crippen LogP contribution in [0.15, 0.2) is 377 Å². The van der Waals surface area contributed by atoms with Gasteiger partial charge in [0.1, 0.15) is 40.6 Å². The van der Waals surface area contributed by atoms with Crippen LogP contribution in [0, 0.1) is 13.8 Å². The highest BCUT2D eigenvalue weighted by molar-refractivity contribution is 7.66. The highest BCUT2D eigenvalue weighted by Crippen LogP contribution is 2.50. The highest BCUT2D eigenvalue weighted by Gasteiger charge is 2.42. The first-order valence-electron chi connectivity index (χ1n) is 45.0. The van der Waals surface area contributed by atoms with Crippen LogP contribution in [0.25, 0.3) is 61.3 Å². The summed E-state index contributed by atoms with van der Waals surface area (Å²) >= 11 is 0. The van der Waals surface area contributed by atoms with E-state index in [9.17, 15) is 44.0 Å². The van der Waals surface area contributed by atoms with Crippen LogP contribution in [0.2, 0.25) is 0 Å². The van der Waals surface area contributed by atoms with E-state index in [1.165, 1.54) is 103 Å². The van der Waals surface area contributed by atoms with E-state index in [-0.39, 0.29) is 26.7 Å². The van der Waals surface area contributed by atoms with Crippen molar-refractivity contribution in [2.75, 3.05) is 26.4 Å². The summed E-state index contributed by atoms with van der Waals surface area (Å²) in [5.41, 5.74) is 24.6. The van der Waals surface area contributed by atoms with Crippen LogP contribution < -0.4 is 58.3 Å². The van der Waals surface area contributed by atoms with Crippen LogP contribution in [-0.2, 0) is 52.5 Å². The normalized spacial score (nSPS) is 12.3. The minimum Gasteiger partial charge on any atom is -0.627 e. The second-order valence-corrected chi connectivity index (χ2v) is 41.2. The molecule has 16 rings (SSSR count). The lowest BCUT2D eigenvalue weighted by molar-refractivity contribution is -0.727. The molecule has 12 aromatic carbocycles. The van der Waals surface area contributed by atoms with Crippen molar-refractivity contribution in [3.05, 3.63) is 455 Å². The average Bonchev–Trinajstić information content (AvgIpc) is 0.728. The smallest absolute Gasteiger partial charge is 0.263 e. The van der Waals surface area contributed by atoms with Crippen LogP contribution >= 0.6 is 23.8 Å². The van der Waals surface area contributed by atoms with Crippen molar-refractivity contribution >= 4 is 39.7 Å². The van der Waals surface area contributed by atoms with Gasteiger partial charge in [0.2, 0.25) is 5.69 Å². The molecule has 19 heteroatoms. The van der Waals surface area contributed by atoms with E-state index < -0.39 is 34.7 Å². The first-order valence-corrected chi connectivity index (χ1v) is 49.9. The monoisotopic (exact) mass is 1820 g/mol. The summed E-state index contributed by atoms with van der Waals surface area (Å²) in [6, 6.07) is 109. The van der Waals surface area contributed by atoms with E-state index in [2.05, 4.69) is 336 Å². The molecule has 4 heterocycles. The molecular formula is C114H113N4O12P3+4. The van der Waals surface area contributed by atoms with Crippen LogP contribution in [0.1, 0.15) is 133 Å². The largest absolute Gasteiger partial charge is 0.627 e. The summed E-state index contributed by atoms with van der Waals surface area (Å²) in [7, 11) is -13.4. The zero-order valence-electron chi connectivity index (χ0n) is 76.4. The molecule has 0 aliphatic heterocycles. The first kappa shape index (κ1) is 93.9. The summed E-state index contributed by atoms with van der Waals surface area (Å²) in [4.78, 5) is 95.9. The number of rotatable bonds is 32. The number of hydrogen-bond donors (Lipinski definition) is 6. The molecule has 6 N–H and O–H groups in total. The summed E-state index contributed by atoms with van der Waals surface area (Å²) < 4.78 is 27.3. The van der Waals surface area contributed by atoms with E-state index >= 15 is 0 Å². The molecule has 133 heavy (non-hydrogen) atoms. The summed E-state index contributed by atoms with van der Waals surface area (Å²) in [6.07, 6.45) is 19.1. The van der Waals surface area contributed by atoms with Crippen molar-refractivity contribution in [2.24, 2.45) is 0 Å². The molecular weight excluding hydrogens is 1710 g/mol. The third-order valence-electron chi connectivity index (χ3n) is 25.5. The predicted octanol–water partition coefficient (Wildman–Crippen LogP) is 17.5. The minimum atomic E-state index is -4.48. The van der Waals surface area contributed by atoms with Crippen molar-refractivity contribution in [2.45, 2.75) is 116 Å². The SMILES string of the molecule is CCc1ccc(C(c2ccc(OCCOCCOc3ccc(C[n+]4ccc(-c5cc[n+](CCC[n+]6ccc(-c7cc[n+](-c8ccc(C(c9ccc(-c%10ccc([P+]([O-])(O)O)cc%10)cc9)(c9ccc(-c%10ccc([P+]([O-])(O)O)cc%10)cc9)c9ccc(-c%10ccc([P+]([O-])(O)O)cc%10)cc9)cc8)cc7)cc6)cc5C)c(C)c4)cc3)cc2)(c2ccc(C(C)(C)C)cc2)c2ccc(C(C)(C)C)cc2)cc1. The van der Waals surface area contributed by atoms with Crippen molar-refractivity contribution in [1.82, 2.24) is 0 Å². The second-order valence-electron chi connectivity index (χ2n) is 36.4. The fourth-order valence-corrected chi connectivity index (χ4v) is 19.6. The van der Waals surface area contributed by atoms with Gasteiger partial charge in [0, 0.05) is 65.2 Å². The van der Waals surface area contributed by atoms with E-state index in [4.69, 9.17) is 14.2 Å². The molecule has 0 bridgehead atoms. The van der Waals surface area contributed by atoms with Crippen molar-refractivity contribution in [1.29, 1.82) is 0 Å². The van der Waals surface area contributed by atoms with Crippen LogP contribution in [0.4, 0.5) is 0 Å². The van der Waals surface area contributed by atoms with Crippen molar-refractivity contribution in [3.8, 4) is 72.8 Å². The lowest BCUT2D eigenvalue weighted by atomic mass is 9.64. The van der Waals surface area contributed by atoms with Gasteiger partial charge in [-0.3, -0.25) is 0 Å². The number of nitrogens with zero attached hydrogens (tertiary/aromatic N) is 4. The molecule has 0 aliphatic carbocycles. The van der Waals surface area contributed by atoms with Gasteiger partial charge < -0.3 is 28.9 Å². The third kappa shape index (κ3) is 21.5. The molecule has 0 saturated carbocycles. The van der Waals surface area contributed by atoms with Gasteiger partial charge >= 0.3 is 0 Å². The van der Waals surface area contributed by atoms with Gasteiger partial charge in [0.25, 0.3) is 23.8 Å². The van der Waals surface area contributed by atoms with Crippen molar-refractivity contribution in [3.63, 3.8) is 0 Å². The molecule has 16 aromatic rings. The Morgan fingerprint density at radius 3 is 0.902 bits per heavy atom. The van der Waals surface area contributed by atoms with Crippen LogP contribution in [0.5, 0.6) is 11.5 Å².